The summed E-state index contributed by atoms with van der Waals surface area (Å²) in [5, 5.41) is 7.20. The Morgan fingerprint density at radius 3 is 2.50 bits per heavy atom. The number of anilines is 2. The lowest BCUT2D eigenvalue weighted by atomic mass is 10.1. The first-order chi connectivity index (χ1) is 15.2. The van der Waals surface area contributed by atoms with Gasteiger partial charge in [0.25, 0.3) is 5.91 Å². The maximum Gasteiger partial charge on any atom is 0.405 e. The van der Waals surface area contributed by atoms with Crippen molar-refractivity contribution in [2.24, 2.45) is 5.18 Å². The summed E-state index contributed by atoms with van der Waals surface area (Å²) in [6.45, 7) is 2.19. The third-order valence-electron chi connectivity index (χ3n) is 4.44. The van der Waals surface area contributed by atoms with Crippen LogP contribution in [0.2, 0.25) is 0 Å². The Morgan fingerprint density at radius 1 is 1.19 bits per heavy atom. The predicted molar refractivity (Wildman–Crippen MR) is 113 cm³/mol. The molecule has 2 heterocycles. The third-order valence-corrected chi connectivity index (χ3v) is 4.44. The lowest BCUT2D eigenvalue weighted by Crippen LogP contribution is -2.44. The molecule has 0 saturated heterocycles. The van der Waals surface area contributed by atoms with Gasteiger partial charge in [0.05, 0.1) is 0 Å². The smallest absolute Gasteiger partial charge is 0.342 e. The molecule has 0 aromatic carbocycles. The number of urea groups is 1. The van der Waals surface area contributed by atoms with E-state index in [0.717, 1.165) is 12.1 Å². The summed E-state index contributed by atoms with van der Waals surface area (Å²) in [6, 6.07) is 6.00. The van der Waals surface area contributed by atoms with E-state index in [1.165, 1.54) is 11.1 Å². The number of hydrogen-bond donors (Lipinski definition) is 2. The minimum Gasteiger partial charge on any atom is -0.342 e. The minimum absolute atomic E-state index is 0.228. The number of aromatic nitrogens is 2. The summed E-state index contributed by atoms with van der Waals surface area (Å²) in [7, 11) is 0. The molecule has 2 N–H and O–H groups in total. The van der Waals surface area contributed by atoms with Gasteiger partial charge in [-0.1, -0.05) is 26.3 Å². The summed E-state index contributed by atoms with van der Waals surface area (Å²) in [5.74, 6) is -1.09. The molecule has 32 heavy (non-hydrogen) atoms. The van der Waals surface area contributed by atoms with Crippen LogP contribution < -0.4 is 15.5 Å². The first-order valence-electron chi connectivity index (χ1n) is 9.90. The van der Waals surface area contributed by atoms with E-state index in [1.54, 1.807) is 23.5 Å². The number of pyridine rings is 2. The molecule has 2 rings (SSSR count). The Morgan fingerprint density at radius 2 is 1.94 bits per heavy atom. The van der Waals surface area contributed by atoms with Gasteiger partial charge in [-0.2, -0.15) is 13.2 Å². The van der Waals surface area contributed by atoms with Gasteiger partial charge in [-0.15, -0.1) is 4.91 Å². The van der Waals surface area contributed by atoms with E-state index in [1.807, 2.05) is 13.8 Å². The zero-order valence-electron chi connectivity index (χ0n) is 17.5. The van der Waals surface area contributed by atoms with Gasteiger partial charge in [0.2, 0.25) is 0 Å². The van der Waals surface area contributed by atoms with E-state index in [-0.39, 0.29) is 17.3 Å². The average molecular weight is 452 g/mol. The van der Waals surface area contributed by atoms with Gasteiger partial charge in [-0.05, 0) is 42.3 Å². The molecule has 1 unspecified atom stereocenters. The van der Waals surface area contributed by atoms with Crippen molar-refractivity contribution in [1.82, 2.24) is 15.3 Å². The van der Waals surface area contributed by atoms with Gasteiger partial charge in [-0.25, -0.2) is 14.8 Å². The predicted octanol–water partition coefficient (Wildman–Crippen LogP) is 4.78. The highest BCUT2D eigenvalue weighted by Gasteiger charge is 2.31. The van der Waals surface area contributed by atoms with Gasteiger partial charge in [0.1, 0.15) is 18.1 Å². The molecule has 0 radical (unpaired) electrons. The molecule has 1 atom stereocenters. The fourth-order valence-electron chi connectivity index (χ4n) is 2.98. The first-order valence-corrected chi connectivity index (χ1v) is 9.90. The molecule has 172 valence electrons. The Balaban J connectivity index is 2.46. The maximum atomic E-state index is 13.1. The molecule has 0 aliphatic heterocycles. The van der Waals surface area contributed by atoms with Crippen molar-refractivity contribution in [2.75, 3.05) is 16.8 Å². The van der Waals surface area contributed by atoms with Crippen LogP contribution in [-0.4, -0.2) is 40.7 Å². The number of nitrogens with one attached hydrogen (secondary N) is 2. The van der Waals surface area contributed by atoms with Gasteiger partial charge in [-0.3, -0.25) is 15.0 Å². The summed E-state index contributed by atoms with van der Waals surface area (Å²) >= 11 is 0. The largest absolute Gasteiger partial charge is 0.405 e. The van der Waals surface area contributed by atoms with Gasteiger partial charge < -0.3 is 5.32 Å². The zero-order chi connectivity index (χ0) is 23.7. The number of nitrogens with zero attached hydrogens (tertiary/aromatic N) is 4. The van der Waals surface area contributed by atoms with Crippen molar-refractivity contribution >= 4 is 29.3 Å². The Hall–Kier alpha value is -3.57. The summed E-state index contributed by atoms with van der Waals surface area (Å²) in [6.07, 6.45) is -1.41. The van der Waals surface area contributed by atoms with Gasteiger partial charge in [0, 0.05) is 12.2 Å². The first kappa shape index (κ1) is 24.7. The van der Waals surface area contributed by atoms with E-state index in [2.05, 4.69) is 20.5 Å². The number of carbonyl (C=O) groups is 2. The fraction of sp³-hybridized carbons (Fsp3) is 0.400. The van der Waals surface area contributed by atoms with Gasteiger partial charge >= 0.3 is 12.2 Å². The van der Waals surface area contributed by atoms with Crippen LogP contribution in [0.3, 0.4) is 0 Å². The molecule has 9 nitrogen and oxygen atoms in total. The van der Waals surface area contributed by atoms with E-state index < -0.39 is 36.4 Å². The second kappa shape index (κ2) is 11.2. The summed E-state index contributed by atoms with van der Waals surface area (Å²) in [4.78, 5) is 46.0. The van der Waals surface area contributed by atoms with Crippen molar-refractivity contribution < 1.29 is 22.8 Å². The van der Waals surface area contributed by atoms with Crippen molar-refractivity contribution in [3.05, 3.63) is 47.1 Å². The standard InChI is InChI=1S/C20H23F3N6O3/c1-3-7-13(4-2)29(19(31)27-16-8-5-6-11-24-16)17-14(28-32)9-10-15(26-17)18(30)25-12-20(21,22)23/h5-6,8-11,13H,3-4,7,12H2,1-2H3,(H,25,30)(H,24,27,31). The molecule has 3 amide bonds. The van der Waals surface area contributed by atoms with Crippen LogP contribution in [0.4, 0.5) is 35.3 Å². The Bertz CT molecular complexity index is 940. The van der Waals surface area contributed by atoms with Crippen LogP contribution in [0.5, 0.6) is 0 Å². The molecule has 2 aromatic heterocycles. The van der Waals surface area contributed by atoms with Crippen molar-refractivity contribution in [3.8, 4) is 0 Å². The third kappa shape index (κ3) is 6.72. The van der Waals surface area contributed by atoms with Crippen LogP contribution in [0.25, 0.3) is 0 Å². The number of amides is 3. The molecule has 0 spiro atoms. The molecule has 0 fully saturated rings. The quantitative estimate of drug-likeness (QED) is 0.531. The second-order valence-corrected chi connectivity index (χ2v) is 6.79. The SMILES string of the molecule is CCCC(CC)N(C(=O)Nc1ccccn1)c1nc(C(=O)NCC(F)(F)F)ccc1N=O. The molecule has 0 bridgehead atoms. The topological polar surface area (TPSA) is 117 Å². The highest BCUT2D eigenvalue weighted by molar-refractivity contribution is 6.03. The van der Waals surface area contributed by atoms with E-state index >= 15 is 0 Å². The number of carbonyl (C=O) groups excluding carboxylic acids is 2. The highest BCUT2D eigenvalue weighted by Crippen LogP contribution is 2.31. The normalized spacial score (nSPS) is 12.0. The van der Waals surface area contributed by atoms with Crippen LogP contribution >= 0.6 is 0 Å². The van der Waals surface area contributed by atoms with Crippen molar-refractivity contribution in [3.63, 3.8) is 0 Å². The monoisotopic (exact) mass is 452 g/mol. The molecule has 0 saturated carbocycles. The van der Waals surface area contributed by atoms with Crippen LogP contribution in [0.15, 0.2) is 41.7 Å². The fourth-order valence-corrected chi connectivity index (χ4v) is 2.98. The average Bonchev–Trinajstić information content (AvgIpc) is 2.77. The highest BCUT2D eigenvalue weighted by atomic mass is 19.4. The molecular formula is C20H23F3N6O3. The Labute approximate surface area is 182 Å². The van der Waals surface area contributed by atoms with Crippen molar-refractivity contribution in [2.45, 2.75) is 45.3 Å². The number of hydrogen-bond acceptors (Lipinski definition) is 6. The maximum absolute atomic E-state index is 13.1. The number of nitroso groups, excluding NO2 is 1. The van der Waals surface area contributed by atoms with Crippen LogP contribution in [0.1, 0.15) is 43.6 Å². The molecule has 12 heteroatoms. The molecule has 2 aromatic rings. The lowest BCUT2D eigenvalue weighted by Gasteiger charge is -2.30. The minimum atomic E-state index is -4.61. The van der Waals surface area contributed by atoms with Gasteiger partial charge in [0.15, 0.2) is 11.5 Å². The van der Waals surface area contributed by atoms with E-state index in [0.29, 0.717) is 19.3 Å². The number of halogens is 3. The summed E-state index contributed by atoms with van der Waals surface area (Å²) < 4.78 is 37.3. The van der Waals surface area contributed by atoms with Crippen LogP contribution in [0, 0.1) is 4.91 Å². The Kier molecular flexibility index (Phi) is 8.62. The van der Waals surface area contributed by atoms with E-state index in [4.69, 9.17) is 0 Å². The molecular weight excluding hydrogens is 429 g/mol. The summed E-state index contributed by atoms with van der Waals surface area (Å²) in [5.41, 5.74) is -0.623. The zero-order valence-corrected chi connectivity index (χ0v) is 17.5. The molecule has 0 aliphatic carbocycles. The number of alkyl halides is 3. The lowest BCUT2D eigenvalue weighted by molar-refractivity contribution is -0.123. The van der Waals surface area contributed by atoms with Crippen molar-refractivity contribution in [1.29, 1.82) is 0 Å². The molecule has 0 aliphatic rings. The van der Waals surface area contributed by atoms with Crippen LogP contribution in [-0.2, 0) is 0 Å². The second-order valence-electron chi connectivity index (χ2n) is 6.79. The number of rotatable bonds is 9. The van der Waals surface area contributed by atoms with E-state index in [9.17, 15) is 27.7 Å².